The van der Waals surface area contributed by atoms with Gasteiger partial charge >= 0.3 is 0 Å². The van der Waals surface area contributed by atoms with Gasteiger partial charge in [-0.15, -0.1) is 0 Å². The van der Waals surface area contributed by atoms with Gasteiger partial charge in [-0.3, -0.25) is 13.9 Å². The summed E-state index contributed by atoms with van der Waals surface area (Å²) in [5.74, 6) is 0.184. The molecule has 1 N–H and O–H groups in total. The minimum atomic E-state index is -4.34. The van der Waals surface area contributed by atoms with Gasteiger partial charge in [-0.1, -0.05) is 60.2 Å². The molecule has 0 heterocycles. The number of benzene rings is 4. The summed E-state index contributed by atoms with van der Waals surface area (Å²) in [6.07, 6.45) is 0.186. The second-order valence-electron chi connectivity index (χ2n) is 12.7. The first kappa shape index (κ1) is 36.8. The van der Waals surface area contributed by atoms with Gasteiger partial charge in [-0.05, 0) is 75.2 Å². The smallest absolute Gasteiger partial charge is 0.264 e. The van der Waals surface area contributed by atoms with Crippen LogP contribution in [0, 0.1) is 6.92 Å². The van der Waals surface area contributed by atoms with Crippen LogP contribution in [-0.4, -0.2) is 64.6 Å². The van der Waals surface area contributed by atoms with Crippen molar-refractivity contribution in [3.63, 3.8) is 0 Å². The lowest BCUT2D eigenvalue weighted by Crippen LogP contribution is -2.56. The Morgan fingerprint density at radius 2 is 1.41 bits per heavy atom. The quantitative estimate of drug-likeness (QED) is 0.179. The van der Waals surface area contributed by atoms with Crippen molar-refractivity contribution in [1.82, 2.24) is 10.2 Å². The summed E-state index contributed by atoms with van der Waals surface area (Å²) in [6, 6.07) is 26.7. The Balaban J connectivity index is 1.89. The average molecular weight is 688 g/mol. The van der Waals surface area contributed by atoms with E-state index in [0.717, 1.165) is 15.4 Å². The first-order valence-corrected chi connectivity index (χ1v) is 17.3. The fraction of sp³-hybridized carbons (Fsp3) is 0.316. The number of anilines is 1. The van der Waals surface area contributed by atoms with Gasteiger partial charge in [0, 0.05) is 24.6 Å². The van der Waals surface area contributed by atoms with Crippen LogP contribution in [0.15, 0.2) is 102 Å². The Hall–Kier alpha value is -5.03. The molecule has 11 heteroatoms. The maximum absolute atomic E-state index is 14.8. The molecule has 0 saturated carbocycles. The van der Waals surface area contributed by atoms with E-state index >= 15 is 0 Å². The van der Waals surface area contributed by atoms with Crippen LogP contribution in [0.2, 0.25) is 0 Å². The summed E-state index contributed by atoms with van der Waals surface area (Å²) in [7, 11) is 0.0915. The number of carbonyl (C=O) groups excluding carboxylic acids is 2. The summed E-state index contributed by atoms with van der Waals surface area (Å²) in [5.41, 5.74) is 1.90. The number of sulfonamides is 1. The molecule has 1 atom stereocenters. The zero-order chi connectivity index (χ0) is 35.8. The molecule has 0 aliphatic rings. The molecule has 4 rings (SSSR count). The number of rotatable bonds is 14. The van der Waals surface area contributed by atoms with E-state index < -0.39 is 34.1 Å². The predicted molar refractivity (Wildman–Crippen MR) is 191 cm³/mol. The van der Waals surface area contributed by atoms with E-state index in [1.165, 1.54) is 37.3 Å². The van der Waals surface area contributed by atoms with E-state index in [0.29, 0.717) is 17.1 Å². The second-order valence-corrected chi connectivity index (χ2v) is 14.5. The van der Waals surface area contributed by atoms with Crippen LogP contribution in [0.4, 0.5) is 5.69 Å². The molecule has 0 unspecified atom stereocenters. The van der Waals surface area contributed by atoms with E-state index in [9.17, 15) is 18.0 Å². The van der Waals surface area contributed by atoms with Crippen molar-refractivity contribution >= 4 is 27.5 Å². The Kier molecular flexibility index (Phi) is 12.0. The number of aryl methyl sites for hydroxylation is 1. The van der Waals surface area contributed by atoms with Crippen LogP contribution in [-0.2, 0) is 32.6 Å². The topological polar surface area (TPSA) is 114 Å². The number of nitrogens with one attached hydrogen (secondary N) is 1. The van der Waals surface area contributed by atoms with Crippen molar-refractivity contribution < 1.29 is 32.2 Å². The summed E-state index contributed by atoms with van der Waals surface area (Å²) in [4.78, 5) is 30.3. The average Bonchev–Trinajstić information content (AvgIpc) is 3.08. The highest BCUT2D eigenvalue weighted by Crippen LogP contribution is 2.36. The van der Waals surface area contributed by atoms with Crippen LogP contribution in [0.25, 0.3) is 0 Å². The molecule has 0 fully saturated rings. The number of methoxy groups -OCH3 is 3. The van der Waals surface area contributed by atoms with Crippen molar-refractivity contribution in [2.45, 2.75) is 57.1 Å². The maximum atomic E-state index is 14.8. The Bertz CT molecular complexity index is 1840. The van der Waals surface area contributed by atoms with Gasteiger partial charge in [0.05, 0.1) is 31.9 Å². The van der Waals surface area contributed by atoms with Crippen LogP contribution in [0.5, 0.6) is 17.2 Å². The molecule has 49 heavy (non-hydrogen) atoms. The Labute approximate surface area is 289 Å². The number of amides is 2. The van der Waals surface area contributed by atoms with Crippen LogP contribution >= 0.6 is 0 Å². The third kappa shape index (κ3) is 9.54. The number of ether oxygens (including phenoxy) is 3. The van der Waals surface area contributed by atoms with Crippen molar-refractivity contribution in [3.8, 4) is 17.2 Å². The van der Waals surface area contributed by atoms with Gasteiger partial charge in [0.2, 0.25) is 11.8 Å². The summed E-state index contributed by atoms with van der Waals surface area (Å²) >= 11 is 0. The van der Waals surface area contributed by atoms with Gasteiger partial charge in [-0.25, -0.2) is 8.42 Å². The lowest BCUT2D eigenvalue weighted by atomic mass is 10.0. The molecule has 2 amide bonds. The summed E-state index contributed by atoms with van der Waals surface area (Å²) < 4.78 is 46.4. The third-order valence-electron chi connectivity index (χ3n) is 7.80. The highest BCUT2D eigenvalue weighted by atomic mass is 32.2. The molecule has 0 aliphatic heterocycles. The summed E-state index contributed by atoms with van der Waals surface area (Å²) in [6.45, 7) is 6.81. The van der Waals surface area contributed by atoms with Gasteiger partial charge in [-0.2, -0.15) is 0 Å². The van der Waals surface area contributed by atoms with E-state index in [1.54, 1.807) is 49.6 Å². The second kappa shape index (κ2) is 15.9. The normalized spacial score (nSPS) is 12.1. The highest BCUT2D eigenvalue weighted by Gasteiger charge is 2.36. The minimum absolute atomic E-state index is 0.00123. The van der Waals surface area contributed by atoms with Crippen molar-refractivity contribution in [2.24, 2.45) is 0 Å². The van der Waals surface area contributed by atoms with E-state index in [4.69, 9.17) is 14.2 Å². The molecule has 0 aromatic heterocycles. The van der Waals surface area contributed by atoms with Crippen LogP contribution in [0.1, 0.15) is 37.5 Å². The largest absolute Gasteiger partial charge is 0.497 e. The lowest BCUT2D eigenvalue weighted by Gasteiger charge is -2.35. The molecule has 0 radical (unpaired) electrons. The van der Waals surface area contributed by atoms with Gasteiger partial charge in [0.25, 0.3) is 10.0 Å². The van der Waals surface area contributed by atoms with E-state index in [2.05, 4.69) is 5.32 Å². The summed E-state index contributed by atoms with van der Waals surface area (Å²) in [5, 5.41) is 3.04. The van der Waals surface area contributed by atoms with Crippen molar-refractivity contribution in [2.75, 3.05) is 32.2 Å². The SMILES string of the molecule is COc1cccc(CN(C(=O)CN(c2cc(OC)ccc2OC)S(=O)(=O)c2ccc(C)cc2)[C@@H](Cc2ccccc2)C(=O)NC(C)(C)C)c1. The first-order valence-electron chi connectivity index (χ1n) is 15.9. The first-order chi connectivity index (χ1) is 23.2. The highest BCUT2D eigenvalue weighted by molar-refractivity contribution is 7.92. The van der Waals surface area contributed by atoms with Gasteiger partial charge < -0.3 is 24.4 Å². The molecule has 0 aliphatic carbocycles. The molecule has 4 aromatic carbocycles. The number of carbonyl (C=O) groups is 2. The zero-order valence-electron chi connectivity index (χ0n) is 29.1. The molecule has 4 aromatic rings. The van der Waals surface area contributed by atoms with E-state index in [1.807, 2.05) is 64.1 Å². The molecule has 0 bridgehead atoms. The van der Waals surface area contributed by atoms with Crippen molar-refractivity contribution in [1.29, 1.82) is 0 Å². The van der Waals surface area contributed by atoms with E-state index in [-0.39, 0.29) is 35.2 Å². The molecule has 10 nitrogen and oxygen atoms in total. The zero-order valence-corrected chi connectivity index (χ0v) is 29.9. The molecule has 0 spiro atoms. The van der Waals surface area contributed by atoms with Crippen molar-refractivity contribution in [3.05, 3.63) is 114 Å². The maximum Gasteiger partial charge on any atom is 0.264 e. The Morgan fingerprint density at radius 1 is 0.776 bits per heavy atom. The van der Waals surface area contributed by atoms with Gasteiger partial charge in [0.1, 0.15) is 29.8 Å². The predicted octanol–water partition coefficient (Wildman–Crippen LogP) is 5.77. The fourth-order valence-corrected chi connectivity index (χ4v) is 6.73. The molecule has 260 valence electrons. The number of hydrogen-bond acceptors (Lipinski definition) is 7. The number of nitrogens with zero attached hydrogens (tertiary/aromatic N) is 2. The van der Waals surface area contributed by atoms with Crippen LogP contribution < -0.4 is 23.8 Å². The molecular weight excluding hydrogens is 642 g/mol. The minimum Gasteiger partial charge on any atom is -0.497 e. The molecular formula is C38H45N3O7S. The Morgan fingerprint density at radius 3 is 2.02 bits per heavy atom. The third-order valence-corrected chi connectivity index (χ3v) is 9.57. The monoisotopic (exact) mass is 687 g/mol. The number of hydrogen-bond donors (Lipinski definition) is 1. The lowest BCUT2D eigenvalue weighted by molar-refractivity contribution is -0.140. The van der Waals surface area contributed by atoms with Gasteiger partial charge in [0.15, 0.2) is 0 Å². The molecule has 0 saturated heterocycles. The fourth-order valence-electron chi connectivity index (χ4n) is 5.32. The standard InChI is InChI=1S/C38H45N3O7S/c1-27-16-19-32(20-17-27)49(44,45)41(33-24-31(47-6)18-21-35(33)48-7)26-36(42)40(25-29-14-11-15-30(22-29)46-5)34(37(43)39-38(2,3)4)23-28-12-9-8-10-13-28/h8-22,24,34H,23,25-26H2,1-7H3,(H,39,43)/t34-/m0/s1. The van der Waals surface area contributed by atoms with Crippen LogP contribution in [0.3, 0.4) is 0 Å².